The second-order valence-corrected chi connectivity index (χ2v) is 4.57. The van der Waals surface area contributed by atoms with Gasteiger partial charge in [0.05, 0.1) is 6.04 Å². The van der Waals surface area contributed by atoms with Crippen LogP contribution in [0.2, 0.25) is 0 Å². The fourth-order valence-electron chi connectivity index (χ4n) is 2.79. The molecule has 1 saturated carbocycles. The monoisotopic (exact) mass is 210 g/mol. The van der Waals surface area contributed by atoms with E-state index in [4.69, 9.17) is 5.73 Å². The van der Waals surface area contributed by atoms with Crippen molar-refractivity contribution < 1.29 is 9.59 Å². The summed E-state index contributed by atoms with van der Waals surface area (Å²) in [6.45, 7) is 0.965. The first-order chi connectivity index (χ1) is 7.18. The third kappa shape index (κ3) is 2.20. The molecule has 4 nitrogen and oxygen atoms in total. The minimum absolute atomic E-state index is 0.0804. The van der Waals surface area contributed by atoms with Crippen LogP contribution >= 0.6 is 0 Å². The molecule has 0 aromatic heterocycles. The third-order valence-electron chi connectivity index (χ3n) is 3.60. The van der Waals surface area contributed by atoms with Gasteiger partial charge < -0.3 is 5.73 Å². The molecule has 0 aromatic carbocycles. The van der Waals surface area contributed by atoms with E-state index in [0.29, 0.717) is 24.7 Å². The van der Waals surface area contributed by atoms with Crippen molar-refractivity contribution in [2.45, 2.75) is 50.6 Å². The Kier molecular flexibility index (Phi) is 3.05. The molecule has 1 heterocycles. The molecule has 2 fully saturated rings. The zero-order valence-corrected chi connectivity index (χ0v) is 8.95. The van der Waals surface area contributed by atoms with Gasteiger partial charge in [-0.15, -0.1) is 0 Å². The Hall–Kier alpha value is -0.900. The summed E-state index contributed by atoms with van der Waals surface area (Å²) in [5.74, 6) is 0.158. The summed E-state index contributed by atoms with van der Waals surface area (Å²) in [4.78, 5) is 24.6. The molecule has 0 aromatic rings. The molecule has 0 spiro atoms. The zero-order valence-electron chi connectivity index (χ0n) is 8.95. The van der Waals surface area contributed by atoms with Gasteiger partial charge in [-0.25, -0.2) is 0 Å². The first kappa shape index (κ1) is 10.6. The van der Waals surface area contributed by atoms with Crippen molar-refractivity contribution in [3.63, 3.8) is 0 Å². The van der Waals surface area contributed by atoms with Gasteiger partial charge in [-0.3, -0.25) is 14.5 Å². The van der Waals surface area contributed by atoms with Crippen LogP contribution in [0.3, 0.4) is 0 Å². The number of primary amides is 1. The Morgan fingerprint density at radius 2 is 1.93 bits per heavy atom. The topological polar surface area (TPSA) is 63.4 Å². The molecular formula is C11H18N2O2. The van der Waals surface area contributed by atoms with Crippen LogP contribution < -0.4 is 5.73 Å². The first-order valence-corrected chi connectivity index (χ1v) is 5.75. The molecule has 2 N–H and O–H groups in total. The highest BCUT2D eigenvalue weighted by Crippen LogP contribution is 2.27. The highest BCUT2D eigenvalue weighted by molar-refractivity contribution is 5.81. The van der Waals surface area contributed by atoms with E-state index in [-0.39, 0.29) is 11.9 Å². The minimum atomic E-state index is -0.204. The summed E-state index contributed by atoms with van der Waals surface area (Å²) in [5, 5.41) is 0. The smallest absolute Gasteiger partial charge is 0.234 e. The largest absolute Gasteiger partial charge is 0.368 e. The first-order valence-electron chi connectivity index (χ1n) is 5.75. The predicted molar refractivity (Wildman–Crippen MR) is 56.2 cm³/mol. The Morgan fingerprint density at radius 3 is 2.53 bits per heavy atom. The van der Waals surface area contributed by atoms with Crippen molar-refractivity contribution in [2.24, 2.45) is 5.73 Å². The number of hydrogen-bond acceptors (Lipinski definition) is 3. The van der Waals surface area contributed by atoms with Gasteiger partial charge in [0.25, 0.3) is 0 Å². The van der Waals surface area contributed by atoms with Crippen LogP contribution in [-0.4, -0.2) is 35.2 Å². The molecule has 15 heavy (non-hydrogen) atoms. The number of ketones is 1. The molecule has 0 radical (unpaired) electrons. The van der Waals surface area contributed by atoms with Crippen LogP contribution in [0.25, 0.3) is 0 Å². The number of likely N-dealkylation sites (tertiary alicyclic amines) is 1. The Bertz CT molecular complexity index is 268. The van der Waals surface area contributed by atoms with Crippen LogP contribution in [0.5, 0.6) is 0 Å². The lowest BCUT2D eigenvalue weighted by molar-refractivity contribution is -0.124. The van der Waals surface area contributed by atoms with E-state index in [9.17, 15) is 9.59 Å². The second kappa shape index (κ2) is 4.31. The predicted octanol–water partition coefficient (Wildman–Crippen LogP) is 0.448. The number of amides is 1. The summed E-state index contributed by atoms with van der Waals surface area (Å²) in [7, 11) is 0. The summed E-state index contributed by atoms with van der Waals surface area (Å²) in [5.41, 5.74) is 5.37. The van der Waals surface area contributed by atoms with Crippen LogP contribution in [0.4, 0.5) is 0 Å². The van der Waals surface area contributed by atoms with Crippen LogP contribution in [0.15, 0.2) is 0 Å². The lowest BCUT2D eigenvalue weighted by atomic mass is 9.92. The molecular weight excluding hydrogens is 192 g/mol. The number of carbonyl (C=O) groups excluding carboxylic acids is 2. The van der Waals surface area contributed by atoms with E-state index in [0.717, 1.165) is 32.2 Å². The normalized spacial score (nSPS) is 29.6. The second-order valence-electron chi connectivity index (χ2n) is 4.57. The number of carbonyl (C=O) groups is 2. The maximum Gasteiger partial charge on any atom is 0.234 e. The lowest BCUT2D eigenvalue weighted by Crippen LogP contribution is -2.47. The maximum absolute atomic E-state index is 11.2. The molecule has 1 amide bonds. The van der Waals surface area contributed by atoms with E-state index in [1.165, 1.54) is 0 Å². The van der Waals surface area contributed by atoms with Crippen molar-refractivity contribution >= 4 is 11.7 Å². The summed E-state index contributed by atoms with van der Waals surface area (Å²) in [6, 6.07) is 0.325. The molecule has 0 bridgehead atoms. The van der Waals surface area contributed by atoms with E-state index >= 15 is 0 Å². The molecule has 84 valence electrons. The average Bonchev–Trinajstić information content (AvgIpc) is 2.67. The fraction of sp³-hybridized carbons (Fsp3) is 0.818. The number of nitrogens with two attached hydrogens (primary N) is 1. The Morgan fingerprint density at radius 1 is 1.27 bits per heavy atom. The van der Waals surface area contributed by atoms with Gasteiger partial charge >= 0.3 is 0 Å². The summed E-state index contributed by atoms with van der Waals surface area (Å²) >= 11 is 0. The van der Waals surface area contributed by atoms with Crippen molar-refractivity contribution in [2.75, 3.05) is 6.54 Å². The van der Waals surface area contributed by atoms with Crippen LogP contribution in [0.1, 0.15) is 38.5 Å². The number of Topliss-reactive ketones (excluding diaryl/α,β-unsaturated/α-hetero) is 1. The summed E-state index contributed by atoms with van der Waals surface area (Å²) < 4.78 is 0. The molecule has 2 aliphatic rings. The molecule has 4 heteroatoms. The van der Waals surface area contributed by atoms with Gasteiger partial charge in [0, 0.05) is 18.9 Å². The standard InChI is InChI=1S/C11H18N2O2/c12-11(15)10-2-1-7-13(10)8-3-5-9(14)6-4-8/h8,10H,1-7H2,(H2,12,15). The number of nitrogens with zero attached hydrogens (tertiary/aromatic N) is 1. The molecule has 1 aliphatic heterocycles. The quantitative estimate of drug-likeness (QED) is 0.719. The van der Waals surface area contributed by atoms with Gasteiger partial charge in [0.1, 0.15) is 5.78 Å². The van der Waals surface area contributed by atoms with Crippen molar-refractivity contribution in [1.82, 2.24) is 4.90 Å². The Balaban J connectivity index is 1.97. The molecule has 1 unspecified atom stereocenters. The van der Waals surface area contributed by atoms with Gasteiger partial charge in [-0.1, -0.05) is 0 Å². The van der Waals surface area contributed by atoms with Crippen molar-refractivity contribution in [1.29, 1.82) is 0 Å². The highest BCUT2D eigenvalue weighted by atomic mass is 16.1. The molecule has 1 saturated heterocycles. The Labute approximate surface area is 89.8 Å². The van der Waals surface area contributed by atoms with Gasteiger partial charge in [0.2, 0.25) is 5.91 Å². The SMILES string of the molecule is NC(=O)C1CCCN1C1CCC(=O)CC1. The van der Waals surface area contributed by atoms with Crippen molar-refractivity contribution in [3.05, 3.63) is 0 Å². The maximum atomic E-state index is 11.2. The van der Waals surface area contributed by atoms with E-state index in [1.54, 1.807) is 0 Å². The van der Waals surface area contributed by atoms with Gasteiger partial charge in [-0.05, 0) is 32.2 Å². The number of hydrogen-bond donors (Lipinski definition) is 1. The average molecular weight is 210 g/mol. The van der Waals surface area contributed by atoms with Crippen LogP contribution in [0, 0.1) is 0 Å². The lowest BCUT2D eigenvalue weighted by Gasteiger charge is -2.33. The highest BCUT2D eigenvalue weighted by Gasteiger charge is 2.35. The minimum Gasteiger partial charge on any atom is -0.368 e. The fourth-order valence-corrected chi connectivity index (χ4v) is 2.79. The van der Waals surface area contributed by atoms with Gasteiger partial charge in [-0.2, -0.15) is 0 Å². The van der Waals surface area contributed by atoms with E-state index in [1.807, 2.05) is 0 Å². The molecule has 1 atom stereocenters. The molecule has 1 aliphatic carbocycles. The van der Waals surface area contributed by atoms with Crippen molar-refractivity contribution in [3.8, 4) is 0 Å². The number of rotatable bonds is 2. The zero-order chi connectivity index (χ0) is 10.8. The van der Waals surface area contributed by atoms with E-state index in [2.05, 4.69) is 4.90 Å². The van der Waals surface area contributed by atoms with E-state index < -0.39 is 0 Å². The van der Waals surface area contributed by atoms with Crippen LogP contribution in [-0.2, 0) is 9.59 Å². The van der Waals surface area contributed by atoms with Gasteiger partial charge in [0.15, 0.2) is 0 Å². The molecule has 2 rings (SSSR count). The summed E-state index contributed by atoms with van der Waals surface area (Å²) in [6.07, 6.45) is 5.10. The third-order valence-corrected chi connectivity index (χ3v) is 3.60.